The van der Waals surface area contributed by atoms with Crippen LogP contribution in [0, 0.1) is 0 Å². The summed E-state index contributed by atoms with van der Waals surface area (Å²) in [4.78, 5) is 22.6. The fourth-order valence-corrected chi connectivity index (χ4v) is 2.85. The SMILES string of the molecule is O=C(c1ccncc1Cl)N1CCCCC[C@@H]1c1ncon1. The maximum Gasteiger partial charge on any atom is 0.256 e. The van der Waals surface area contributed by atoms with Gasteiger partial charge in [0.15, 0.2) is 5.82 Å². The molecule has 1 aliphatic rings. The van der Waals surface area contributed by atoms with Crippen LogP contribution in [0.25, 0.3) is 0 Å². The van der Waals surface area contributed by atoms with E-state index in [-0.39, 0.29) is 11.9 Å². The number of likely N-dealkylation sites (tertiary alicyclic amines) is 1. The Morgan fingerprint density at radius 1 is 1.38 bits per heavy atom. The largest absolute Gasteiger partial charge is 0.343 e. The number of carbonyl (C=O) groups excluding carboxylic acids is 1. The van der Waals surface area contributed by atoms with E-state index in [2.05, 4.69) is 15.1 Å². The first-order valence-corrected chi connectivity index (χ1v) is 7.32. The molecule has 0 saturated carbocycles. The Kier molecular flexibility index (Phi) is 4.15. The van der Waals surface area contributed by atoms with Crippen LogP contribution < -0.4 is 0 Å². The molecule has 1 amide bonds. The second-order valence-corrected chi connectivity index (χ2v) is 5.42. The van der Waals surface area contributed by atoms with Crippen LogP contribution in [0.3, 0.4) is 0 Å². The third kappa shape index (κ3) is 2.90. The summed E-state index contributed by atoms with van der Waals surface area (Å²) in [6, 6.07) is 1.48. The number of halogens is 1. The molecule has 0 radical (unpaired) electrons. The van der Waals surface area contributed by atoms with Crippen molar-refractivity contribution >= 4 is 17.5 Å². The Labute approximate surface area is 127 Å². The molecule has 2 aromatic heterocycles. The minimum Gasteiger partial charge on any atom is -0.343 e. The molecule has 0 bridgehead atoms. The van der Waals surface area contributed by atoms with Crippen molar-refractivity contribution in [3.05, 3.63) is 41.3 Å². The predicted molar refractivity (Wildman–Crippen MR) is 75.8 cm³/mol. The van der Waals surface area contributed by atoms with E-state index in [1.807, 2.05) is 0 Å². The van der Waals surface area contributed by atoms with Crippen LogP contribution in [0.5, 0.6) is 0 Å². The molecule has 3 heterocycles. The number of aromatic nitrogens is 3. The number of nitrogens with zero attached hydrogens (tertiary/aromatic N) is 4. The van der Waals surface area contributed by atoms with Gasteiger partial charge in [0.2, 0.25) is 6.39 Å². The highest BCUT2D eigenvalue weighted by molar-refractivity contribution is 6.33. The molecule has 0 aliphatic carbocycles. The fraction of sp³-hybridized carbons (Fsp3) is 0.429. The van der Waals surface area contributed by atoms with Crippen molar-refractivity contribution in [3.8, 4) is 0 Å². The summed E-state index contributed by atoms with van der Waals surface area (Å²) < 4.78 is 4.83. The Balaban J connectivity index is 1.93. The Hall–Kier alpha value is -1.95. The van der Waals surface area contributed by atoms with Gasteiger partial charge in [-0.1, -0.05) is 29.6 Å². The van der Waals surface area contributed by atoms with Crippen LogP contribution in [0.15, 0.2) is 29.4 Å². The number of pyridine rings is 1. The molecule has 1 aliphatic heterocycles. The van der Waals surface area contributed by atoms with E-state index in [0.29, 0.717) is 23.0 Å². The van der Waals surface area contributed by atoms with E-state index in [1.165, 1.54) is 12.6 Å². The van der Waals surface area contributed by atoms with E-state index in [9.17, 15) is 4.79 Å². The first-order valence-electron chi connectivity index (χ1n) is 6.94. The van der Waals surface area contributed by atoms with E-state index in [4.69, 9.17) is 16.1 Å². The van der Waals surface area contributed by atoms with Gasteiger partial charge in [-0.2, -0.15) is 4.98 Å². The molecule has 0 unspecified atom stereocenters. The highest BCUT2D eigenvalue weighted by atomic mass is 35.5. The number of amides is 1. The average molecular weight is 307 g/mol. The Morgan fingerprint density at radius 2 is 2.29 bits per heavy atom. The molecular formula is C14H15ClN4O2. The monoisotopic (exact) mass is 306 g/mol. The highest BCUT2D eigenvalue weighted by Gasteiger charge is 2.31. The van der Waals surface area contributed by atoms with E-state index < -0.39 is 0 Å². The van der Waals surface area contributed by atoms with E-state index in [0.717, 1.165) is 25.7 Å². The Morgan fingerprint density at radius 3 is 3.05 bits per heavy atom. The van der Waals surface area contributed by atoms with Crippen molar-refractivity contribution in [1.82, 2.24) is 20.0 Å². The van der Waals surface area contributed by atoms with Gasteiger partial charge in [0.1, 0.15) is 0 Å². The van der Waals surface area contributed by atoms with Crippen molar-refractivity contribution in [2.45, 2.75) is 31.7 Å². The van der Waals surface area contributed by atoms with Gasteiger partial charge < -0.3 is 9.42 Å². The highest BCUT2D eigenvalue weighted by Crippen LogP contribution is 2.30. The van der Waals surface area contributed by atoms with Gasteiger partial charge in [0.25, 0.3) is 5.91 Å². The molecule has 110 valence electrons. The summed E-state index contributed by atoms with van der Waals surface area (Å²) in [7, 11) is 0. The molecule has 2 aromatic rings. The van der Waals surface area contributed by atoms with Gasteiger partial charge in [-0.25, -0.2) is 0 Å². The lowest BCUT2D eigenvalue weighted by Crippen LogP contribution is -2.35. The summed E-state index contributed by atoms with van der Waals surface area (Å²) in [5.41, 5.74) is 0.460. The maximum absolute atomic E-state index is 12.8. The molecule has 0 aromatic carbocycles. The zero-order chi connectivity index (χ0) is 14.7. The van der Waals surface area contributed by atoms with Gasteiger partial charge in [-0.3, -0.25) is 9.78 Å². The third-order valence-electron chi connectivity index (χ3n) is 3.69. The zero-order valence-electron chi connectivity index (χ0n) is 11.4. The van der Waals surface area contributed by atoms with Crippen LogP contribution >= 0.6 is 11.6 Å². The van der Waals surface area contributed by atoms with Gasteiger partial charge >= 0.3 is 0 Å². The summed E-state index contributed by atoms with van der Waals surface area (Å²) >= 11 is 6.09. The second kappa shape index (κ2) is 6.22. The molecule has 0 spiro atoms. The number of carbonyl (C=O) groups is 1. The van der Waals surface area contributed by atoms with Crippen molar-refractivity contribution in [1.29, 1.82) is 0 Å². The Bertz CT molecular complexity index is 617. The van der Waals surface area contributed by atoms with E-state index >= 15 is 0 Å². The summed E-state index contributed by atoms with van der Waals surface area (Å²) in [5.74, 6) is 0.439. The van der Waals surface area contributed by atoms with Crippen molar-refractivity contribution in [2.75, 3.05) is 6.54 Å². The van der Waals surface area contributed by atoms with Gasteiger partial charge in [0, 0.05) is 18.9 Å². The van der Waals surface area contributed by atoms with Crippen LogP contribution in [-0.2, 0) is 0 Å². The summed E-state index contributed by atoms with van der Waals surface area (Å²) in [6.07, 6.45) is 8.25. The van der Waals surface area contributed by atoms with Crippen LogP contribution in [0.2, 0.25) is 5.02 Å². The number of hydrogen-bond acceptors (Lipinski definition) is 5. The molecule has 1 saturated heterocycles. The third-order valence-corrected chi connectivity index (χ3v) is 3.99. The minimum absolute atomic E-state index is 0.112. The normalized spacial score (nSPS) is 19.3. The minimum atomic E-state index is -0.164. The lowest BCUT2D eigenvalue weighted by molar-refractivity contribution is 0.0670. The van der Waals surface area contributed by atoms with Crippen LogP contribution in [0.1, 0.15) is 47.9 Å². The molecule has 3 rings (SSSR count). The van der Waals surface area contributed by atoms with Gasteiger partial charge in [0.05, 0.1) is 16.6 Å². The van der Waals surface area contributed by atoms with Crippen molar-refractivity contribution in [2.24, 2.45) is 0 Å². The number of hydrogen-bond donors (Lipinski definition) is 0. The predicted octanol–water partition coefficient (Wildman–Crippen LogP) is 2.88. The quantitative estimate of drug-likeness (QED) is 0.853. The molecule has 0 N–H and O–H groups in total. The molecule has 6 nitrogen and oxygen atoms in total. The lowest BCUT2D eigenvalue weighted by Gasteiger charge is -2.28. The van der Waals surface area contributed by atoms with E-state index in [1.54, 1.807) is 17.2 Å². The summed E-state index contributed by atoms with van der Waals surface area (Å²) in [5, 5.41) is 4.26. The molecule has 1 atom stereocenters. The van der Waals surface area contributed by atoms with Gasteiger partial charge in [-0.15, -0.1) is 0 Å². The van der Waals surface area contributed by atoms with Crippen molar-refractivity contribution < 1.29 is 9.32 Å². The molecular weight excluding hydrogens is 292 g/mol. The smallest absolute Gasteiger partial charge is 0.256 e. The average Bonchev–Trinajstić information content (AvgIpc) is 2.91. The second-order valence-electron chi connectivity index (χ2n) is 5.01. The molecule has 1 fully saturated rings. The first kappa shape index (κ1) is 14.0. The lowest BCUT2D eigenvalue weighted by atomic mass is 10.1. The summed E-state index contributed by atoms with van der Waals surface area (Å²) in [6.45, 7) is 0.663. The molecule has 21 heavy (non-hydrogen) atoms. The topological polar surface area (TPSA) is 72.1 Å². The standard InChI is InChI=1S/C14H15ClN4O2/c15-11-8-16-6-5-10(11)14(20)19-7-3-1-2-4-12(19)13-17-9-21-18-13/h5-6,8-9,12H,1-4,7H2/t12-/m1/s1. The number of rotatable bonds is 2. The van der Waals surface area contributed by atoms with Crippen LogP contribution in [0.4, 0.5) is 0 Å². The maximum atomic E-state index is 12.8. The van der Waals surface area contributed by atoms with Crippen LogP contribution in [-0.4, -0.2) is 32.5 Å². The van der Waals surface area contributed by atoms with Crippen molar-refractivity contribution in [3.63, 3.8) is 0 Å². The fourth-order valence-electron chi connectivity index (χ4n) is 2.65. The van der Waals surface area contributed by atoms with Gasteiger partial charge in [-0.05, 0) is 18.9 Å². The zero-order valence-corrected chi connectivity index (χ0v) is 12.2. The first-order chi connectivity index (χ1) is 10.3. The molecule has 7 heteroatoms.